The number of carbonyl (C=O) groups excluding carboxylic acids is 1. The van der Waals surface area contributed by atoms with Gasteiger partial charge in [-0.1, -0.05) is 30.3 Å². The number of ether oxygens (including phenoxy) is 1. The van der Waals surface area contributed by atoms with Gasteiger partial charge in [-0.05, 0) is 43.1 Å². The summed E-state index contributed by atoms with van der Waals surface area (Å²) in [5.41, 5.74) is 1.32. The third-order valence-corrected chi connectivity index (χ3v) is 5.64. The molecule has 1 aromatic carbocycles. The molecule has 6 nitrogen and oxygen atoms in total. The first-order valence-electron chi connectivity index (χ1n) is 9.45. The lowest BCUT2D eigenvalue weighted by atomic mass is 9.80. The summed E-state index contributed by atoms with van der Waals surface area (Å²) >= 11 is 0. The summed E-state index contributed by atoms with van der Waals surface area (Å²) in [4.78, 5) is 25.6. The molecule has 0 saturated carbocycles. The second kappa shape index (κ2) is 8.54. The number of amides is 2. The van der Waals surface area contributed by atoms with Crippen LogP contribution in [0.2, 0.25) is 0 Å². The van der Waals surface area contributed by atoms with Gasteiger partial charge in [-0.3, -0.25) is 4.79 Å². The Kier molecular flexibility index (Phi) is 6.14. The van der Waals surface area contributed by atoms with Crippen molar-refractivity contribution in [3.05, 3.63) is 35.9 Å². The number of hydrogen-bond donors (Lipinski definition) is 2. The maximum atomic E-state index is 12.8. The molecular formula is C20H28N2O4. The molecule has 1 atom stereocenters. The van der Waals surface area contributed by atoms with E-state index in [1.165, 1.54) is 0 Å². The van der Waals surface area contributed by atoms with Crippen LogP contribution in [0, 0.1) is 5.41 Å². The highest BCUT2D eigenvalue weighted by molar-refractivity contribution is 5.75. The minimum Gasteiger partial charge on any atom is -0.481 e. The molecule has 0 aromatic heterocycles. The van der Waals surface area contributed by atoms with E-state index in [4.69, 9.17) is 9.84 Å². The van der Waals surface area contributed by atoms with Crippen LogP contribution in [0.25, 0.3) is 0 Å². The fourth-order valence-electron chi connectivity index (χ4n) is 4.01. The van der Waals surface area contributed by atoms with Gasteiger partial charge in [0.1, 0.15) is 0 Å². The number of hydrogen-bond acceptors (Lipinski definition) is 3. The highest BCUT2D eigenvalue weighted by Crippen LogP contribution is 2.39. The standard InChI is InChI=1S/C20H28N2O4/c23-18(24)7-6-17(14-16-4-2-1-3-5-16)21-19(25)22-11-8-20(15-22)9-12-26-13-10-20/h1-5,17H,6-15H2,(H,21,25)(H,23,24). The quantitative estimate of drug-likeness (QED) is 0.817. The van der Waals surface area contributed by atoms with Gasteiger partial charge in [0.25, 0.3) is 0 Å². The average molecular weight is 360 g/mol. The molecule has 142 valence electrons. The lowest BCUT2D eigenvalue weighted by Gasteiger charge is -2.33. The topological polar surface area (TPSA) is 78.9 Å². The number of nitrogens with zero attached hydrogens (tertiary/aromatic N) is 1. The summed E-state index contributed by atoms with van der Waals surface area (Å²) in [6.07, 6.45) is 4.20. The van der Waals surface area contributed by atoms with Crippen molar-refractivity contribution >= 4 is 12.0 Å². The maximum Gasteiger partial charge on any atom is 0.317 e. The van der Waals surface area contributed by atoms with Gasteiger partial charge in [0.15, 0.2) is 0 Å². The van der Waals surface area contributed by atoms with Gasteiger partial charge in [-0.2, -0.15) is 0 Å². The number of urea groups is 1. The minimum atomic E-state index is -0.834. The SMILES string of the molecule is O=C(O)CCC(Cc1ccccc1)NC(=O)N1CCC2(CCOCC2)C1. The third kappa shape index (κ3) is 4.97. The fraction of sp³-hybridized carbons (Fsp3) is 0.600. The number of carboxylic acids is 1. The van der Waals surface area contributed by atoms with Crippen LogP contribution < -0.4 is 5.32 Å². The van der Waals surface area contributed by atoms with Crippen molar-refractivity contribution in [1.29, 1.82) is 0 Å². The van der Waals surface area contributed by atoms with E-state index in [2.05, 4.69) is 5.32 Å². The highest BCUT2D eigenvalue weighted by atomic mass is 16.5. The Morgan fingerprint density at radius 1 is 1.19 bits per heavy atom. The summed E-state index contributed by atoms with van der Waals surface area (Å²) in [5.74, 6) is -0.834. The van der Waals surface area contributed by atoms with Crippen molar-refractivity contribution in [2.45, 2.75) is 44.6 Å². The molecule has 6 heteroatoms. The zero-order chi connectivity index (χ0) is 18.4. The predicted octanol–water partition coefficient (Wildman–Crippen LogP) is 2.67. The molecule has 2 aliphatic rings. The number of nitrogens with one attached hydrogen (secondary N) is 1. The van der Waals surface area contributed by atoms with E-state index in [1.54, 1.807) is 0 Å². The summed E-state index contributed by atoms with van der Waals surface area (Å²) in [7, 11) is 0. The van der Waals surface area contributed by atoms with E-state index >= 15 is 0 Å². The van der Waals surface area contributed by atoms with E-state index in [9.17, 15) is 9.59 Å². The van der Waals surface area contributed by atoms with Crippen molar-refractivity contribution in [2.75, 3.05) is 26.3 Å². The molecule has 2 fully saturated rings. The van der Waals surface area contributed by atoms with Gasteiger partial charge in [0.05, 0.1) is 0 Å². The summed E-state index contributed by atoms with van der Waals surface area (Å²) in [5, 5.41) is 12.1. The Hall–Kier alpha value is -2.08. The van der Waals surface area contributed by atoms with Gasteiger partial charge in [-0.15, -0.1) is 0 Å². The number of carbonyl (C=O) groups is 2. The maximum absolute atomic E-state index is 12.8. The predicted molar refractivity (Wildman–Crippen MR) is 98.0 cm³/mol. The highest BCUT2D eigenvalue weighted by Gasteiger charge is 2.41. The molecular weight excluding hydrogens is 332 g/mol. The van der Waals surface area contributed by atoms with E-state index in [-0.39, 0.29) is 23.9 Å². The van der Waals surface area contributed by atoms with Crippen LogP contribution in [0.4, 0.5) is 4.79 Å². The monoisotopic (exact) mass is 360 g/mol. The van der Waals surface area contributed by atoms with Gasteiger partial charge < -0.3 is 20.1 Å². The Balaban J connectivity index is 1.58. The van der Waals surface area contributed by atoms with Crippen LogP contribution >= 0.6 is 0 Å². The molecule has 2 heterocycles. The lowest BCUT2D eigenvalue weighted by Crippen LogP contribution is -2.46. The molecule has 0 bridgehead atoms. The first kappa shape index (κ1) is 18.7. The number of benzene rings is 1. The average Bonchev–Trinajstić information content (AvgIpc) is 3.04. The molecule has 1 spiro atoms. The third-order valence-electron chi connectivity index (χ3n) is 5.64. The van der Waals surface area contributed by atoms with Crippen LogP contribution in [0.3, 0.4) is 0 Å². The van der Waals surface area contributed by atoms with Gasteiger partial charge in [0.2, 0.25) is 0 Å². The van der Waals surface area contributed by atoms with E-state index in [0.29, 0.717) is 12.8 Å². The van der Waals surface area contributed by atoms with Crippen LogP contribution in [-0.2, 0) is 16.0 Å². The van der Waals surface area contributed by atoms with Gasteiger partial charge in [-0.25, -0.2) is 4.79 Å². The fourth-order valence-corrected chi connectivity index (χ4v) is 4.01. The zero-order valence-corrected chi connectivity index (χ0v) is 15.2. The van der Waals surface area contributed by atoms with Crippen LogP contribution in [0.1, 0.15) is 37.7 Å². The van der Waals surface area contributed by atoms with E-state index < -0.39 is 5.97 Å². The molecule has 1 unspecified atom stereocenters. The summed E-state index contributed by atoms with van der Waals surface area (Å²) in [6.45, 7) is 3.11. The first-order valence-corrected chi connectivity index (χ1v) is 9.45. The molecule has 2 N–H and O–H groups in total. The van der Waals surface area contributed by atoms with Crippen LogP contribution in [-0.4, -0.2) is 54.4 Å². The van der Waals surface area contributed by atoms with Crippen molar-refractivity contribution in [3.63, 3.8) is 0 Å². The molecule has 2 aliphatic heterocycles. The Morgan fingerprint density at radius 3 is 2.62 bits per heavy atom. The first-order chi connectivity index (χ1) is 12.6. The second-order valence-electron chi connectivity index (χ2n) is 7.55. The molecule has 1 aromatic rings. The second-order valence-corrected chi connectivity index (χ2v) is 7.55. The van der Waals surface area contributed by atoms with Crippen molar-refractivity contribution in [3.8, 4) is 0 Å². The molecule has 0 aliphatic carbocycles. The molecule has 3 rings (SSSR count). The van der Waals surface area contributed by atoms with Crippen molar-refractivity contribution in [2.24, 2.45) is 5.41 Å². The minimum absolute atomic E-state index is 0.0546. The molecule has 26 heavy (non-hydrogen) atoms. The number of carboxylic acid groups (broad SMARTS) is 1. The summed E-state index contributed by atoms with van der Waals surface area (Å²) < 4.78 is 5.46. The largest absolute Gasteiger partial charge is 0.481 e. The van der Waals surface area contributed by atoms with E-state index in [0.717, 1.165) is 51.1 Å². The van der Waals surface area contributed by atoms with E-state index in [1.807, 2.05) is 35.2 Å². The van der Waals surface area contributed by atoms with Crippen molar-refractivity contribution in [1.82, 2.24) is 10.2 Å². The van der Waals surface area contributed by atoms with Crippen molar-refractivity contribution < 1.29 is 19.4 Å². The van der Waals surface area contributed by atoms with Gasteiger partial charge in [0, 0.05) is 38.8 Å². The van der Waals surface area contributed by atoms with Gasteiger partial charge >= 0.3 is 12.0 Å². The molecule has 2 saturated heterocycles. The Labute approximate surface area is 154 Å². The zero-order valence-electron chi connectivity index (χ0n) is 15.2. The lowest BCUT2D eigenvalue weighted by molar-refractivity contribution is -0.137. The van der Waals surface area contributed by atoms with Crippen LogP contribution in [0.5, 0.6) is 0 Å². The Morgan fingerprint density at radius 2 is 1.92 bits per heavy atom. The molecule has 0 radical (unpaired) electrons. The number of rotatable bonds is 6. The van der Waals surface area contributed by atoms with Crippen LogP contribution in [0.15, 0.2) is 30.3 Å². The normalized spacial score (nSPS) is 20.1. The number of aliphatic carboxylic acids is 1. The molecule has 2 amide bonds. The summed E-state index contributed by atoms with van der Waals surface area (Å²) in [6, 6.07) is 9.64. The Bertz CT molecular complexity index is 613. The smallest absolute Gasteiger partial charge is 0.317 e. The number of likely N-dealkylation sites (tertiary alicyclic amines) is 1.